The van der Waals surface area contributed by atoms with Gasteiger partial charge in [-0.2, -0.15) is 0 Å². The molecule has 2 aromatic carbocycles. The molecule has 0 radical (unpaired) electrons. The van der Waals surface area contributed by atoms with Crippen molar-refractivity contribution >= 4 is 0 Å². The van der Waals surface area contributed by atoms with Gasteiger partial charge in [-0.25, -0.2) is 0 Å². The Kier molecular flexibility index (Phi) is 1.58. The van der Waals surface area contributed by atoms with Crippen molar-refractivity contribution in [1.82, 2.24) is 5.32 Å². The largest absolute Gasteiger partial charge is 0.320 e. The molecule has 8 rings (SSSR count). The van der Waals surface area contributed by atoms with Crippen molar-refractivity contribution in [2.75, 3.05) is 7.05 Å². The van der Waals surface area contributed by atoms with E-state index in [1.165, 1.54) is 22.3 Å². The molecule has 0 bridgehead atoms. The van der Waals surface area contributed by atoms with Crippen molar-refractivity contribution in [3.8, 4) is 0 Å². The van der Waals surface area contributed by atoms with Gasteiger partial charge in [-0.3, -0.25) is 0 Å². The van der Waals surface area contributed by atoms with E-state index in [9.17, 15) is 0 Å². The van der Waals surface area contributed by atoms with Gasteiger partial charge in [0.2, 0.25) is 0 Å². The summed E-state index contributed by atoms with van der Waals surface area (Å²) >= 11 is 0. The van der Waals surface area contributed by atoms with Gasteiger partial charge in [0.1, 0.15) is 0 Å². The molecular formula is C24H20N2. The summed E-state index contributed by atoms with van der Waals surface area (Å²) in [5, 5.41) is 3.78. The summed E-state index contributed by atoms with van der Waals surface area (Å²) in [6.07, 6.45) is 7.03. The van der Waals surface area contributed by atoms with E-state index in [1.807, 2.05) is 0 Å². The molecule has 2 nitrogen and oxygen atoms in total. The number of nitrogens with one attached hydrogen (secondary N) is 1. The summed E-state index contributed by atoms with van der Waals surface area (Å²) in [4.78, 5) is 0. The molecule has 26 heavy (non-hydrogen) atoms. The molecule has 3 spiro atoms. The fraction of sp³-hybridized carbons (Fsp3) is 0.333. The van der Waals surface area contributed by atoms with Crippen LogP contribution >= 0.6 is 0 Å². The average molecular weight is 336 g/mol. The number of nitrogens with two attached hydrogens (primary N) is 1. The fourth-order valence-corrected chi connectivity index (χ4v) is 8.66. The van der Waals surface area contributed by atoms with Crippen LogP contribution in [0.2, 0.25) is 0 Å². The van der Waals surface area contributed by atoms with Crippen LogP contribution in [0, 0.1) is 5.41 Å². The van der Waals surface area contributed by atoms with Gasteiger partial charge in [0.15, 0.2) is 0 Å². The van der Waals surface area contributed by atoms with Crippen LogP contribution in [0.1, 0.15) is 22.3 Å². The molecule has 3 N–H and O–H groups in total. The number of fused-ring (bicyclic) bond motifs is 6. The van der Waals surface area contributed by atoms with Gasteiger partial charge in [-0.15, -0.1) is 0 Å². The summed E-state index contributed by atoms with van der Waals surface area (Å²) in [6, 6.07) is 18.1. The Labute approximate surface area is 152 Å². The molecule has 0 heterocycles. The predicted octanol–water partition coefficient (Wildman–Crippen LogP) is 2.52. The van der Waals surface area contributed by atoms with Crippen LogP contribution in [-0.4, -0.2) is 18.1 Å². The number of allylic oxidation sites excluding steroid dienone is 2. The molecular weight excluding hydrogens is 316 g/mol. The zero-order chi connectivity index (χ0) is 17.2. The van der Waals surface area contributed by atoms with Crippen molar-refractivity contribution in [3.05, 3.63) is 94.1 Å². The highest BCUT2D eigenvalue weighted by Crippen LogP contribution is 3.17. The number of hydrogen-bond acceptors (Lipinski definition) is 2. The minimum Gasteiger partial charge on any atom is -0.320 e. The molecule has 0 aliphatic heterocycles. The van der Waals surface area contributed by atoms with Gasteiger partial charge < -0.3 is 11.1 Å². The summed E-state index contributed by atoms with van der Waals surface area (Å²) in [5.41, 5.74) is 16.7. The van der Waals surface area contributed by atoms with Gasteiger partial charge >= 0.3 is 0 Å². The average Bonchev–Trinajstić information content (AvgIpc) is 3.61. The van der Waals surface area contributed by atoms with E-state index in [1.54, 1.807) is 11.1 Å². The molecule has 4 fully saturated rings. The summed E-state index contributed by atoms with van der Waals surface area (Å²) in [7, 11) is 2.15. The first-order chi connectivity index (χ1) is 12.7. The van der Waals surface area contributed by atoms with E-state index < -0.39 is 0 Å². The van der Waals surface area contributed by atoms with Gasteiger partial charge in [-0.05, 0) is 53.3 Å². The van der Waals surface area contributed by atoms with Crippen molar-refractivity contribution in [3.63, 3.8) is 0 Å². The second-order valence-electron chi connectivity index (χ2n) is 9.02. The lowest BCUT2D eigenvalue weighted by Gasteiger charge is -2.33. The predicted molar refractivity (Wildman–Crippen MR) is 101 cm³/mol. The van der Waals surface area contributed by atoms with Crippen LogP contribution in [0.4, 0.5) is 0 Å². The van der Waals surface area contributed by atoms with Crippen LogP contribution in [0.25, 0.3) is 0 Å². The Morgan fingerprint density at radius 1 is 0.808 bits per heavy atom. The SMILES string of the molecule is CNC12C3=CCc4ccccc4C31C21C2(N)C3=CCc4ccccc4C321. The Hall–Kier alpha value is -2.16. The van der Waals surface area contributed by atoms with Crippen LogP contribution in [0.3, 0.4) is 0 Å². The highest BCUT2D eigenvalue weighted by atomic mass is 15.4. The number of rotatable bonds is 1. The van der Waals surface area contributed by atoms with Crippen LogP contribution in [0.15, 0.2) is 71.8 Å². The standard InChI is InChI=1S/C24H20N2/c1-26-23-19-13-11-15-7-3-5-9-17(15)21(19,23)24(23)20-16-8-4-2-6-14(16)10-12-18(20)22(20,24)25/h2-9,12-13,26H,10-11,25H2,1H3. The van der Waals surface area contributed by atoms with E-state index in [4.69, 9.17) is 5.73 Å². The van der Waals surface area contributed by atoms with Crippen LogP contribution in [0.5, 0.6) is 0 Å². The third kappa shape index (κ3) is 0.719. The van der Waals surface area contributed by atoms with Crippen molar-refractivity contribution in [1.29, 1.82) is 0 Å². The monoisotopic (exact) mass is 336 g/mol. The molecule has 5 unspecified atom stereocenters. The Morgan fingerprint density at radius 3 is 2.04 bits per heavy atom. The molecule has 0 saturated heterocycles. The van der Waals surface area contributed by atoms with Crippen molar-refractivity contribution in [2.24, 2.45) is 11.1 Å². The highest BCUT2D eigenvalue weighted by molar-refractivity contribution is 6.06. The quantitative estimate of drug-likeness (QED) is 0.786. The van der Waals surface area contributed by atoms with E-state index >= 15 is 0 Å². The van der Waals surface area contributed by atoms with Gasteiger partial charge in [0.25, 0.3) is 0 Å². The maximum atomic E-state index is 7.24. The Balaban J connectivity index is 1.44. The molecule has 6 aliphatic carbocycles. The summed E-state index contributed by atoms with van der Waals surface area (Å²) in [6.45, 7) is 0. The third-order valence-corrected chi connectivity index (χ3v) is 9.09. The van der Waals surface area contributed by atoms with E-state index in [0.717, 1.165) is 12.8 Å². The van der Waals surface area contributed by atoms with Gasteiger partial charge in [0, 0.05) is 5.41 Å². The lowest BCUT2D eigenvalue weighted by atomic mass is 9.70. The number of hydrogen-bond donors (Lipinski definition) is 2. The molecule has 0 amide bonds. The first kappa shape index (κ1) is 13.1. The fourth-order valence-electron chi connectivity index (χ4n) is 8.66. The number of likely N-dealkylation sites (N-methyl/N-ethyl adjacent to an activating group) is 1. The van der Waals surface area contributed by atoms with Crippen LogP contribution in [-0.2, 0) is 23.7 Å². The summed E-state index contributed by atoms with van der Waals surface area (Å²) in [5.74, 6) is 0. The topological polar surface area (TPSA) is 38.0 Å². The second kappa shape index (κ2) is 3.15. The Bertz CT molecular complexity index is 1170. The second-order valence-corrected chi connectivity index (χ2v) is 9.02. The lowest BCUT2D eigenvalue weighted by Crippen LogP contribution is -2.40. The first-order valence-corrected chi connectivity index (χ1v) is 9.79. The molecule has 126 valence electrons. The zero-order valence-electron chi connectivity index (χ0n) is 14.8. The van der Waals surface area contributed by atoms with Gasteiger partial charge in [0.05, 0.1) is 21.9 Å². The zero-order valence-corrected chi connectivity index (χ0v) is 14.8. The summed E-state index contributed by atoms with van der Waals surface area (Å²) < 4.78 is 0. The number of benzene rings is 2. The lowest BCUT2D eigenvalue weighted by molar-refractivity contribution is 0.426. The van der Waals surface area contributed by atoms with E-state index in [0.29, 0.717) is 0 Å². The molecule has 2 aromatic rings. The van der Waals surface area contributed by atoms with Crippen molar-refractivity contribution in [2.45, 2.75) is 34.7 Å². The minimum absolute atomic E-state index is 0.0830. The van der Waals surface area contributed by atoms with E-state index in [-0.39, 0.29) is 27.3 Å². The molecule has 2 heteroatoms. The normalized spacial score (nSPS) is 48.7. The highest BCUT2D eigenvalue weighted by Gasteiger charge is 3.27. The minimum atomic E-state index is -0.141. The maximum Gasteiger partial charge on any atom is 0.0649 e. The van der Waals surface area contributed by atoms with Crippen LogP contribution < -0.4 is 11.1 Å². The van der Waals surface area contributed by atoms with E-state index in [2.05, 4.69) is 73.0 Å². The smallest absolute Gasteiger partial charge is 0.0649 e. The first-order valence-electron chi connectivity index (χ1n) is 9.79. The van der Waals surface area contributed by atoms with Crippen molar-refractivity contribution < 1.29 is 0 Å². The Morgan fingerprint density at radius 2 is 1.38 bits per heavy atom. The molecule has 5 atom stereocenters. The maximum absolute atomic E-state index is 7.24. The molecule has 0 aromatic heterocycles. The van der Waals surface area contributed by atoms with Gasteiger partial charge in [-0.1, -0.05) is 60.7 Å². The third-order valence-electron chi connectivity index (χ3n) is 9.09. The molecule has 4 saturated carbocycles. The molecule has 6 aliphatic rings.